The van der Waals surface area contributed by atoms with Gasteiger partial charge in [-0.3, -0.25) is 15.4 Å². The zero-order valence-electron chi connectivity index (χ0n) is 17.7. The Bertz CT molecular complexity index is 1290. The lowest BCUT2D eigenvalue weighted by molar-refractivity contribution is -0.384. The number of benzene rings is 2. The lowest BCUT2D eigenvalue weighted by Gasteiger charge is -2.19. The summed E-state index contributed by atoms with van der Waals surface area (Å²) in [6.45, 7) is 5.39. The van der Waals surface area contributed by atoms with Crippen molar-refractivity contribution in [2.24, 2.45) is 0 Å². The summed E-state index contributed by atoms with van der Waals surface area (Å²) in [7, 11) is 0. The van der Waals surface area contributed by atoms with Gasteiger partial charge in [-0.15, -0.1) is 11.3 Å². The SMILES string of the molecule is CC(C)(C)OC(=O)Nc1ccc(-c2ccc(-c3nc4ccc([N+](=O)[O-])cc4s3)cc2)cn1. The van der Waals surface area contributed by atoms with Gasteiger partial charge in [0, 0.05) is 29.5 Å². The van der Waals surface area contributed by atoms with Gasteiger partial charge in [0.25, 0.3) is 5.69 Å². The van der Waals surface area contributed by atoms with E-state index in [1.807, 2.05) is 30.3 Å². The Morgan fingerprint density at radius 1 is 1.03 bits per heavy atom. The number of nitrogens with zero attached hydrogens (tertiary/aromatic N) is 3. The van der Waals surface area contributed by atoms with Crippen LogP contribution in [0.2, 0.25) is 0 Å². The second-order valence-corrected chi connectivity index (χ2v) is 9.10. The maximum absolute atomic E-state index is 11.9. The predicted molar refractivity (Wildman–Crippen MR) is 125 cm³/mol. The molecule has 0 unspecified atom stereocenters. The van der Waals surface area contributed by atoms with Crippen molar-refractivity contribution in [2.75, 3.05) is 5.32 Å². The molecular weight excluding hydrogens is 428 g/mol. The molecular formula is C23H20N4O4S. The molecule has 0 radical (unpaired) electrons. The van der Waals surface area contributed by atoms with Crippen LogP contribution in [-0.4, -0.2) is 26.6 Å². The number of carbonyl (C=O) groups is 1. The monoisotopic (exact) mass is 448 g/mol. The van der Waals surface area contributed by atoms with E-state index in [4.69, 9.17) is 4.74 Å². The van der Waals surface area contributed by atoms with Crippen molar-refractivity contribution < 1.29 is 14.5 Å². The van der Waals surface area contributed by atoms with Crippen molar-refractivity contribution in [3.05, 3.63) is 70.9 Å². The Morgan fingerprint density at radius 3 is 2.34 bits per heavy atom. The largest absolute Gasteiger partial charge is 0.444 e. The standard InChI is InChI=1S/C23H20N4O4S/c1-23(2,3)31-22(28)26-20-11-8-16(13-24-20)14-4-6-15(7-5-14)21-25-18-10-9-17(27(29)30)12-19(18)32-21/h4-13H,1-3H3,(H,24,26,28). The first-order valence-electron chi connectivity index (χ1n) is 9.80. The van der Waals surface area contributed by atoms with Gasteiger partial charge in [-0.1, -0.05) is 24.3 Å². The van der Waals surface area contributed by atoms with Gasteiger partial charge >= 0.3 is 6.09 Å². The Kier molecular flexibility index (Phi) is 5.58. The van der Waals surface area contributed by atoms with E-state index in [2.05, 4.69) is 15.3 Å². The Hall–Kier alpha value is -3.85. The lowest BCUT2D eigenvalue weighted by Crippen LogP contribution is -2.27. The number of aromatic nitrogens is 2. The van der Waals surface area contributed by atoms with Gasteiger partial charge in [-0.25, -0.2) is 14.8 Å². The van der Waals surface area contributed by atoms with Gasteiger partial charge in [-0.2, -0.15) is 0 Å². The van der Waals surface area contributed by atoms with Crippen LogP contribution in [0.3, 0.4) is 0 Å². The first kappa shape index (κ1) is 21.4. The van der Waals surface area contributed by atoms with Gasteiger partial charge in [-0.05, 0) is 44.5 Å². The molecule has 0 aliphatic carbocycles. The van der Waals surface area contributed by atoms with Gasteiger partial charge < -0.3 is 4.74 Å². The molecule has 8 nitrogen and oxygen atoms in total. The van der Waals surface area contributed by atoms with Crippen LogP contribution in [0.15, 0.2) is 60.8 Å². The van der Waals surface area contributed by atoms with Crippen LogP contribution in [0.4, 0.5) is 16.3 Å². The normalized spacial score (nSPS) is 11.3. The van der Waals surface area contributed by atoms with Crippen LogP contribution in [0.5, 0.6) is 0 Å². The van der Waals surface area contributed by atoms with Crippen LogP contribution >= 0.6 is 11.3 Å². The van der Waals surface area contributed by atoms with E-state index in [-0.39, 0.29) is 5.69 Å². The van der Waals surface area contributed by atoms with Crippen LogP contribution in [0.25, 0.3) is 31.9 Å². The fraction of sp³-hybridized carbons (Fsp3) is 0.174. The van der Waals surface area contributed by atoms with E-state index in [1.54, 1.807) is 45.2 Å². The number of fused-ring (bicyclic) bond motifs is 1. The Morgan fingerprint density at radius 2 is 1.72 bits per heavy atom. The average molecular weight is 449 g/mol. The smallest absolute Gasteiger partial charge is 0.413 e. The van der Waals surface area contributed by atoms with Crippen LogP contribution in [-0.2, 0) is 4.74 Å². The summed E-state index contributed by atoms with van der Waals surface area (Å²) in [6.07, 6.45) is 1.13. The van der Waals surface area contributed by atoms with Crippen LogP contribution in [0, 0.1) is 10.1 Å². The molecule has 0 aliphatic heterocycles. The number of nitrogens with one attached hydrogen (secondary N) is 1. The first-order chi connectivity index (χ1) is 15.2. The van der Waals surface area contributed by atoms with Crippen molar-refractivity contribution in [1.82, 2.24) is 9.97 Å². The van der Waals surface area contributed by atoms with Gasteiger partial charge in [0.1, 0.15) is 16.4 Å². The number of ether oxygens (including phenoxy) is 1. The molecule has 0 spiro atoms. The summed E-state index contributed by atoms with van der Waals surface area (Å²) >= 11 is 1.42. The topological polar surface area (TPSA) is 107 Å². The second-order valence-electron chi connectivity index (χ2n) is 8.06. The second kappa shape index (κ2) is 8.35. The number of pyridine rings is 1. The fourth-order valence-corrected chi connectivity index (χ4v) is 4.01. The highest BCUT2D eigenvalue weighted by Crippen LogP contribution is 2.33. The molecule has 2 aromatic carbocycles. The van der Waals surface area contributed by atoms with E-state index in [0.717, 1.165) is 31.9 Å². The summed E-state index contributed by atoms with van der Waals surface area (Å²) in [4.78, 5) is 31.3. The molecule has 0 atom stereocenters. The predicted octanol–water partition coefficient (Wildman–Crippen LogP) is 6.28. The number of nitro benzene ring substituents is 1. The average Bonchev–Trinajstić information content (AvgIpc) is 3.16. The molecule has 162 valence electrons. The number of hydrogen-bond acceptors (Lipinski definition) is 7. The number of amides is 1. The maximum Gasteiger partial charge on any atom is 0.413 e. The number of anilines is 1. The van der Waals surface area contributed by atoms with E-state index < -0.39 is 16.6 Å². The van der Waals surface area contributed by atoms with E-state index >= 15 is 0 Å². The molecule has 32 heavy (non-hydrogen) atoms. The number of carbonyl (C=O) groups excluding carboxylic acids is 1. The third-order valence-electron chi connectivity index (χ3n) is 4.44. The minimum absolute atomic E-state index is 0.0557. The quantitative estimate of drug-likeness (QED) is 0.291. The summed E-state index contributed by atoms with van der Waals surface area (Å²) < 4.78 is 6.00. The zero-order valence-corrected chi connectivity index (χ0v) is 18.5. The van der Waals surface area contributed by atoms with Crippen LogP contribution < -0.4 is 5.32 Å². The Labute approximate surface area is 188 Å². The molecule has 2 heterocycles. The highest BCUT2D eigenvalue weighted by molar-refractivity contribution is 7.21. The van der Waals surface area contributed by atoms with Crippen molar-refractivity contribution in [1.29, 1.82) is 0 Å². The Balaban J connectivity index is 1.49. The molecule has 4 rings (SSSR count). The fourth-order valence-electron chi connectivity index (χ4n) is 3.00. The van der Waals surface area contributed by atoms with Crippen molar-refractivity contribution in [3.8, 4) is 21.7 Å². The molecule has 9 heteroatoms. The third-order valence-corrected chi connectivity index (χ3v) is 5.51. The minimum atomic E-state index is -0.580. The molecule has 0 saturated heterocycles. The highest BCUT2D eigenvalue weighted by Gasteiger charge is 2.16. The van der Waals surface area contributed by atoms with E-state index in [1.165, 1.54) is 17.4 Å². The number of nitro groups is 1. The van der Waals surface area contributed by atoms with Gasteiger partial charge in [0.05, 0.1) is 15.1 Å². The first-order valence-corrected chi connectivity index (χ1v) is 10.6. The van der Waals surface area contributed by atoms with E-state index in [0.29, 0.717) is 5.82 Å². The maximum atomic E-state index is 11.9. The molecule has 0 fully saturated rings. The molecule has 1 amide bonds. The summed E-state index contributed by atoms with van der Waals surface area (Å²) in [5.74, 6) is 0.406. The van der Waals surface area contributed by atoms with Gasteiger partial charge in [0.15, 0.2) is 0 Å². The molecule has 0 saturated carbocycles. The number of rotatable bonds is 4. The van der Waals surface area contributed by atoms with Crippen molar-refractivity contribution in [2.45, 2.75) is 26.4 Å². The molecule has 2 aromatic heterocycles. The zero-order chi connectivity index (χ0) is 22.9. The minimum Gasteiger partial charge on any atom is -0.444 e. The van der Waals surface area contributed by atoms with Crippen molar-refractivity contribution >= 4 is 39.2 Å². The number of non-ortho nitro benzene ring substituents is 1. The van der Waals surface area contributed by atoms with Crippen molar-refractivity contribution in [3.63, 3.8) is 0 Å². The molecule has 4 aromatic rings. The molecule has 1 N–H and O–H groups in total. The van der Waals surface area contributed by atoms with Crippen LogP contribution in [0.1, 0.15) is 20.8 Å². The number of hydrogen-bond donors (Lipinski definition) is 1. The van der Waals surface area contributed by atoms with E-state index in [9.17, 15) is 14.9 Å². The molecule has 0 aliphatic rings. The summed E-state index contributed by atoms with van der Waals surface area (Å²) in [6, 6.07) is 16.1. The third kappa shape index (κ3) is 4.89. The summed E-state index contributed by atoms with van der Waals surface area (Å²) in [5.41, 5.74) is 2.99. The lowest BCUT2D eigenvalue weighted by atomic mass is 10.1. The molecule has 0 bridgehead atoms. The summed E-state index contributed by atoms with van der Waals surface area (Å²) in [5, 5.41) is 14.4. The number of thiazole rings is 1. The highest BCUT2D eigenvalue weighted by atomic mass is 32.1. The van der Waals surface area contributed by atoms with Gasteiger partial charge in [0.2, 0.25) is 0 Å².